The molecular formula is C20H23N3O5S. The van der Waals surface area contributed by atoms with Gasteiger partial charge in [0.25, 0.3) is 5.91 Å². The molecule has 0 atom stereocenters. The average Bonchev–Trinajstić information content (AvgIpc) is 2.78. The summed E-state index contributed by atoms with van der Waals surface area (Å²) in [6, 6.07) is 14.9. The monoisotopic (exact) mass is 417 g/mol. The summed E-state index contributed by atoms with van der Waals surface area (Å²) in [4.78, 5) is 26.4. The minimum atomic E-state index is -3.57. The van der Waals surface area contributed by atoms with Crippen LogP contribution >= 0.6 is 0 Å². The van der Waals surface area contributed by atoms with Crippen molar-refractivity contribution < 1.29 is 22.7 Å². The summed E-state index contributed by atoms with van der Waals surface area (Å²) in [7, 11) is -2.05. The van der Waals surface area contributed by atoms with Crippen LogP contribution in [0, 0.1) is 0 Å². The van der Waals surface area contributed by atoms with E-state index >= 15 is 0 Å². The number of methoxy groups -OCH3 is 1. The van der Waals surface area contributed by atoms with E-state index in [1.807, 2.05) is 0 Å². The van der Waals surface area contributed by atoms with Gasteiger partial charge in [-0.3, -0.25) is 9.59 Å². The smallest absolute Gasteiger partial charge is 0.251 e. The Morgan fingerprint density at radius 2 is 1.69 bits per heavy atom. The van der Waals surface area contributed by atoms with Gasteiger partial charge in [0.2, 0.25) is 15.9 Å². The third kappa shape index (κ3) is 4.93. The number of nitrogens with one attached hydrogen (secondary N) is 1. The normalized spacial score (nSPS) is 15.0. The van der Waals surface area contributed by atoms with Gasteiger partial charge in [-0.2, -0.15) is 4.31 Å². The van der Waals surface area contributed by atoms with E-state index in [4.69, 9.17) is 4.74 Å². The lowest BCUT2D eigenvalue weighted by Crippen LogP contribution is -2.52. The molecule has 0 spiro atoms. The number of hydrogen-bond acceptors (Lipinski definition) is 5. The van der Waals surface area contributed by atoms with E-state index in [1.165, 1.54) is 11.4 Å². The van der Waals surface area contributed by atoms with Crippen molar-refractivity contribution in [3.8, 4) is 5.75 Å². The van der Waals surface area contributed by atoms with Crippen molar-refractivity contribution >= 4 is 21.8 Å². The standard InChI is InChI=1S/C20H23N3O5S/c1-28-17-7-5-6-16(14-17)20(25)21-15-19(24)22-10-12-23(13-11-22)29(26,27)18-8-3-2-4-9-18/h2-9,14H,10-13,15H2,1H3,(H,21,25). The third-order valence-electron chi connectivity index (χ3n) is 4.70. The second-order valence-corrected chi connectivity index (χ2v) is 8.45. The Morgan fingerprint density at radius 3 is 2.34 bits per heavy atom. The van der Waals surface area contributed by atoms with E-state index in [0.717, 1.165) is 0 Å². The molecule has 1 fully saturated rings. The Hall–Kier alpha value is -2.91. The summed E-state index contributed by atoms with van der Waals surface area (Å²) in [6.07, 6.45) is 0. The molecule has 2 amide bonds. The highest BCUT2D eigenvalue weighted by Gasteiger charge is 2.29. The zero-order valence-electron chi connectivity index (χ0n) is 16.1. The molecule has 1 aliphatic rings. The second kappa shape index (κ2) is 9.06. The molecule has 3 rings (SSSR count). The molecule has 0 aromatic heterocycles. The molecule has 1 N–H and O–H groups in total. The second-order valence-electron chi connectivity index (χ2n) is 6.51. The fourth-order valence-electron chi connectivity index (χ4n) is 3.05. The summed E-state index contributed by atoms with van der Waals surface area (Å²) in [5.41, 5.74) is 0.399. The first-order valence-electron chi connectivity index (χ1n) is 9.17. The van der Waals surface area contributed by atoms with Crippen LogP contribution in [0.15, 0.2) is 59.5 Å². The Balaban J connectivity index is 1.52. The van der Waals surface area contributed by atoms with Gasteiger partial charge in [-0.15, -0.1) is 0 Å². The lowest BCUT2D eigenvalue weighted by atomic mass is 10.2. The molecule has 0 unspecified atom stereocenters. The van der Waals surface area contributed by atoms with Crippen molar-refractivity contribution in [3.63, 3.8) is 0 Å². The Kier molecular flexibility index (Phi) is 6.50. The fraction of sp³-hybridized carbons (Fsp3) is 0.300. The topological polar surface area (TPSA) is 96.0 Å². The van der Waals surface area contributed by atoms with Crippen molar-refractivity contribution in [1.29, 1.82) is 0 Å². The molecule has 1 heterocycles. The molecule has 0 bridgehead atoms. The van der Waals surface area contributed by atoms with Crippen molar-refractivity contribution in [1.82, 2.24) is 14.5 Å². The highest BCUT2D eigenvalue weighted by Crippen LogP contribution is 2.17. The number of rotatable bonds is 6. The van der Waals surface area contributed by atoms with E-state index in [1.54, 1.807) is 59.5 Å². The maximum atomic E-state index is 12.6. The zero-order valence-corrected chi connectivity index (χ0v) is 16.9. The highest BCUT2D eigenvalue weighted by atomic mass is 32.2. The maximum Gasteiger partial charge on any atom is 0.251 e. The number of nitrogens with zero attached hydrogens (tertiary/aromatic N) is 2. The molecule has 8 nitrogen and oxygen atoms in total. The number of ether oxygens (including phenoxy) is 1. The Labute approximate surface area is 170 Å². The number of sulfonamides is 1. The number of piperazine rings is 1. The first-order valence-corrected chi connectivity index (χ1v) is 10.6. The molecule has 0 aliphatic carbocycles. The largest absolute Gasteiger partial charge is 0.497 e. The minimum Gasteiger partial charge on any atom is -0.497 e. The van der Waals surface area contributed by atoms with Crippen LogP contribution in [-0.2, 0) is 14.8 Å². The van der Waals surface area contributed by atoms with Gasteiger partial charge >= 0.3 is 0 Å². The van der Waals surface area contributed by atoms with E-state index in [0.29, 0.717) is 11.3 Å². The molecule has 29 heavy (non-hydrogen) atoms. The molecule has 154 valence electrons. The van der Waals surface area contributed by atoms with Crippen molar-refractivity contribution in [2.24, 2.45) is 0 Å². The van der Waals surface area contributed by atoms with Crippen molar-refractivity contribution in [2.45, 2.75) is 4.90 Å². The number of hydrogen-bond donors (Lipinski definition) is 1. The third-order valence-corrected chi connectivity index (χ3v) is 6.62. The molecule has 2 aromatic carbocycles. The first kappa shape index (κ1) is 20.8. The van der Waals surface area contributed by atoms with Gasteiger partial charge in [0, 0.05) is 31.7 Å². The zero-order chi connectivity index (χ0) is 20.9. The number of carbonyl (C=O) groups excluding carboxylic acids is 2. The molecule has 9 heteroatoms. The van der Waals surface area contributed by atoms with Crippen LogP contribution in [-0.4, -0.2) is 69.3 Å². The van der Waals surface area contributed by atoms with Crippen molar-refractivity contribution in [3.05, 3.63) is 60.2 Å². The van der Waals surface area contributed by atoms with E-state index in [2.05, 4.69) is 5.32 Å². The Morgan fingerprint density at radius 1 is 1.00 bits per heavy atom. The van der Waals surface area contributed by atoms with Gasteiger partial charge < -0.3 is 15.0 Å². The van der Waals surface area contributed by atoms with Gasteiger partial charge in [-0.05, 0) is 30.3 Å². The highest BCUT2D eigenvalue weighted by molar-refractivity contribution is 7.89. The Bertz CT molecular complexity index is 971. The maximum absolute atomic E-state index is 12.6. The number of carbonyl (C=O) groups is 2. The minimum absolute atomic E-state index is 0.151. The van der Waals surface area contributed by atoms with E-state index in [9.17, 15) is 18.0 Å². The molecule has 0 radical (unpaired) electrons. The van der Waals surface area contributed by atoms with E-state index in [-0.39, 0.29) is 49.4 Å². The average molecular weight is 417 g/mol. The van der Waals surface area contributed by atoms with Crippen LogP contribution in [0.5, 0.6) is 5.75 Å². The predicted molar refractivity (Wildman–Crippen MR) is 107 cm³/mol. The predicted octanol–water partition coefficient (Wildman–Crippen LogP) is 0.958. The van der Waals surface area contributed by atoms with Gasteiger partial charge in [0.05, 0.1) is 18.6 Å². The molecule has 1 aliphatic heterocycles. The van der Waals surface area contributed by atoms with Gasteiger partial charge in [0.1, 0.15) is 5.75 Å². The van der Waals surface area contributed by atoms with Crippen LogP contribution in [0.3, 0.4) is 0 Å². The van der Waals surface area contributed by atoms with Crippen LogP contribution in [0.1, 0.15) is 10.4 Å². The SMILES string of the molecule is COc1cccc(C(=O)NCC(=O)N2CCN(S(=O)(=O)c3ccccc3)CC2)c1. The van der Waals surface area contributed by atoms with Gasteiger partial charge in [0.15, 0.2) is 0 Å². The number of amides is 2. The molecule has 1 saturated heterocycles. The molecular weight excluding hydrogens is 394 g/mol. The van der Waals surface area contributed by atoms with E-state index < -0.39 is 10.0 Å². The summed E-state index contributed by atoms with van der Waals surface area (Å²) in [5.74, 6) is -0.0692. The molecule has 0 saturated carbocycles. The van der Waals surface area contributed by atoms with Gasteiger partial charge in [-0.1, -0.05) is 24.3 Å². The summed E-state index contributed by atoms with van der Waals surface area (Å²) in [6.45, 7) is 0.834. The van der Waals surface area contributed by atoms with Crippen LogP contribution in [0.2, 0.25) is 0 Å². The summed E-state index contributed by atoms with van der Waals surface area (Å²) >= 11 is 0. The summed E-state index contributed by atoms with van der Waals surface area (Å²) in [5, 5.41) is 2.60. The lowest BCUT2D eigenvalue weighted by molar-refractivity contribution is -0.131. The molecule has 2 aromatic rings. The van der Waals surface area contributed by atoms with Crippen LogP contribution in [0.4, 0.5) is 0 Å². The van der Waals surface area contributed by atoms with Crippen LogP contribution in [0.25, 0.3) is 0 Å². The van der Waals surface area contributed by atoms with Crippen molar-refractivity contribution in [2.75, 3.05) is 39.8 Å². The first-order chi connectivity index (χ1) is 13.9. The lowest BCUT2D eigenvalue weighted by Gasteiger charge is -2.34. The summed E-state index contributed by atoms with van der Waals surface area (Å²) < 4.78 is 31.7. The number of benzene rings is 2. The fourth-order valence-corrected chi connectivity index (χ4v) is 4.50. The quantitative estimate of drug-likeness (QED) is 0.755. The van der Waals surface area contributed by atoms with Crippen LogP contribution < -0.4 is 10.1 Å². The van der Waals surface area contributed by atoms with Gasteiger partial charge in [-0.25, -0.2) is 8.42 Å².